The molecular weight excluding hydrogens is 358 g/mol. The number of ether oxygens (including phenoxy) is 2. The summed E-state index contributed by atoms with van der Waals surface area (Å²) in [4.78, 5) is 0. The summed E-state index contributed by atoms with van der Waals surface area (Å²) in [6.45, 7) is 0. The van der Waals surface area contributed by atoms with Crippen LogP contribution >= 0.6 is 28.3 Å². The number of rotatable bonds is 5. The van der Waals surface area contributed by atoms with Crippen LogP contribution in [0.4, 0.5) is 0 Å². The van der Waals surface area contributed by atoms with E-state index in [1.165, 1.54) is 12.8 Å². The van der Waals surface area contributed by atoms with Gasteiger partial charge in [0.1, 0.15) is 16.0 Å². The van der Waals surface area contributed by atoms with Crippen LogP contribution in [0.5, 0.6) is 11.5 Å². The number of benzene rings is 1. The molecule has 4 nitrogen and oxygen atoms in total. The summed E-state index contributed by atoms with van der Waals surface area (Å²) in [7, 11) is 3.20. The number of aliphatic hydroxyl groups excluding tert-OH is 1. The van der Waals surface area contributed by atoms with Gasteiger partial charge in [-0.15, -0.1) is 12.4 Å². The first-order valence-electron chi connectivity index (χ1n) is 6.93. The van der Waals surface area contributed by atoms with Crippen molar-refractivity contribution < 1.29 is 14.6 Å². The standard InChI is InChI=1S/C15H22BrNO3.ClH/c1-19-11-7-10(8-12(20-2)13(11)16)14(17)15(18)9-5-3-4-6-9;/h7-9,14-15,18H,3-6,17H2,1-2H3;1H/t14-,15+;/m0./s1. The maximum atomic E-state index is 10.4. The lowest BCUT2D eigenvalue weighted by Gasteiger charge is -2.25. The fourth-order valence-electron chi connectivity index (χ4n) is 2.87. The Kier molecular flexibility index (Phi) is 7.27. The molecule has 0 unspecified atom stereocenters. The predicted octanol–water partition coefficient (Wildman–Crippen LogP) is 3.44. The van der Waals surface area contributed by atoms with Crippen LogP contribution in [0.25, 0.3) is 0 Å². The van der Waals surface area contributed by atoms with E-state index >= 15 is 0 Å². The van der Waals surface area contributed by atoms with Gasteiger partial charge in [0.2, 0.25) is 0 Å². The fraction of sp³-hybridized carbons (Fsp3) is 0.600. The van der Waals surface area contributed by atoms with Crippen LogP contribution in [-0.4, -0.2) is 25.4 Å². The second-order valence-electron chi connectivity index (χ2n) is 5.30. The molecular formula is C15H23BrClNO3. The summed E-state index contributed by atoms with van der Waals surface area (Å²) in [5.74, 6) is 1.62. The summed E-state index contributed by atoms with van der Waals surface area (Å²) >= 11 is 3.43. The first kappa shape index (κ1) is 18.6. The lowest BCUT2D eigenvalue weighted by molar-refractivity contribution is 0.0843. The molecule has 2 rings (SSSR count). The first-order valence-corrected chi connectivity index (χ1v) is 7.72. The fourth-order valence-corrected chi connectivity index (χ4v) is 3.42. The lowest BCUT2D eigenvalue weighted by atomic mass is 9.91. The highest BCUT2D eigenvalue weighted by Crippen LogP contribution is 2.39. The van der Waals surface area contributed by atoms with E-state index in [0.29, 0.717) is 17.4 Å². The van der Waals surface area contributed by atoms with Gasteiger partial charge in [-0.3, -0.25) is 0 Å². The molecule has 2 atom stereocenters. The number of hydrogen-bond acceptors (Lipinski definition) is 4. The van der Waals surface area contributed by atoms with Gasteiger partial charge in [0.15, 0.2) is 0 Å². The van der Waals surface area contributed by atoms with Gasteiger partial charge >= 0.3 is 0 Å². The Bertz CT molecular complexity index is 441. The quantitative estimate of drug-likeness (QED) is 0.821. The Labute approximate surface area is 140 Å². The van der Waals surface area contributed by atoms with Crippen molar-refractivity contribution in [2.45, 2.75) is 37.8 Å². The van der Waals surface area contributed by atoms with Crippen molar-refractivity contribution in [2.75, 3.05) is 14.2 Å². The highest BCUT2D eigenvalue weighted by atomic mass is 79.9. The molecule has 1 aromatic rings. The molecule has 0 heterocycles. The second kappa shape index (κ2) is 8.22. The molecule has 0 aliphatic heterocycles. The van der Waals surface area contributed by atoms with E-state index < -0.39 is 12.1 Å². The predicted molar refractivity (Wildman–Crippen MR) is 89.4 cm³/mol. The van der Waals surface area contributed by atoms with E-state index in [9.17, 15) is 5.11 Å². The molecule has 1 aliphatic carbocycles. The SMILES string of the molecule is COc1cc([C@H](N)[C@H](O)C2CCCC2)cc(OC)c1Br.Cl. The van der Waals surface area contributed by atoms with Crippen LogP contribution in [-0.2, 0) is 0 Å². The molecule has 1 fully saturated rings. The second-order valence-corrected chi connectivity index (χ2v) is 6.09. The van der Waals surface area contributed by atoms with Gasteiger partial charge in [-0.1, -0.05) is 12.8 Å². The molecule has 0 bridgehead atoms. The summed E-state index contributed by atoms with van der Waals surface area (Å²) in [6.07, 6.45) is 3.95. The van der Waals surface area contributed by atoms with E-state index in [4.69, 9.17) is 15.2 Å². The minimum atomic E-state index is -0.520. The number of hydrogen-bond donors (Lipinski definition) is 2. The molecule has 0 aromatic heterocycles. The van der Waals surface area contributed by atoms with Crippen LogP contribution < -0.4 is 15.2 Å². The van der Waals surface area contributed by atoms with Gasteiger partial charge in [-0.05, 0) is 52.4 Å². The van der Waals surface area contributed by atoms with Gasteiger partial charge < -0.3 is 20.3 Å². The number of halogens is 2. The molecule has 0 radical (unpaired) electrons. The number of methoxy groups -OCH3 is 2. The first-order chi connectivity index (χ1) is 9.58. The molecule has 0 saturated heterocycles. The summed E-state index contributed by atoms with van der Waals surface area (Å²) in [5, 5.41) is 10.4. The highest BCUT2D eigenvalue weighted by Gasteiger charge is 2.29. The maximum absolute atomic E-state index is 10.4. The highest BCUT2D eigenvalue weighted by molar-refractivity contribution is 9.10. The maximum Gasteiger partial charge on any atom is 0.137 e. The van der Waals surface area contributed by atoms with Crippen LogP contribution in [0.1, 0.15) is 37.3 Å². The molecule has 0 spiro atoms. The van der Waals surface area contributed by atoms with Gasteiger partial charge in [-0.2, -0.15) is 0 Å². The third kappa shape index (κ3) is 4.03. The van der Waals surface area contributed by atoms with Crippen molar-refractivity contribution >= 4 is 28.3 Å². The van der Waals surface area contributed by atoms with Crippen LogP contribution in [0, 0.1) is 5.92 Å². The van der Waals surface area contributed by atoms with Crippen LogP contribution in [0.2, 0.25) is 0 Å². The van der Waals surface area contributed by atoms with E-state index in [0.717, 1.165) is 22.9 Å². The van der Waals surface area contributed by atoms with E-state index in [2.05, 4.69) is 15.9 Å². The zero-order valence-electron chi connectivity index (χ0n) is 12.3. The average Bonchev–Trinajstić information content (AvgIpc) is 3.00. The van der Waals surface area contributed by atoms with Crippen LogP contribution in [0.3, 0.4) is 0 Å². The molecule has 1 aliphatic rings. The Morgan fingerprint density at radius 1 is 1.19 bits per heavy atom. The monoisotopic (exact) mass is 379 g/mol. The van der Waals surface area contributed by atoms with Crippen molar-refractivity contribution in [3.8, 4) is 11.5 Å². The molecule has 1 saturated carbocycles. The van der Waals surface area contributed by atoms with E-state index in [1.807, 2.05) is 12.1 Å². The van der Waals surface area contributed by atoms with Crippen molar-refractivity contribution in [3.05, 3.63) is 22.2 Å². The average molecular weight is 381 g/mol. The minimum Gasteiger partial charge on any atom is -0.495 e. The lowest BCUT2D eigenvalue weighted by Crippen LogP contribution is -2.32. The third-order valence-electron chi connectivity index (χ3n) is 4.10. The van der Waals surface area contributed by atoms with Crippen molar-refractivity contribution in [1.29, 1.82) is 0 Å². The zero-order valence-corrected chi connectivity index (χ0v) is 14.7. The Morgan fingerprint density at radius 2 is 1.67 bits per heavy atom. The summed E-state index contributed by atoms with van der Waals surface area (Å²) in [5.41, 5.74) is 7.07. The molecule has 21 heavy (non-hydrogen) atoms. The topological polar surface area (TPSA) is 64.7 Å². The molecule has 3 N–H and O–H groups in total. The summed E-state index contributed by atoms with van der Waals surface area (Å²) < 4.78 is 11.4. The van der Waals surface area contributed by atoms with Gasteiger partial charge in [0.05, 0.1) is 26.4 Å². The van der Waals surface area contributed by atoms with E-state index in [1.54, 1.807) is 14.2 Å². The van der Waals surface area contributed by atoms with Gasteiger partial charge in [0.25, 0.3) is 0 Å². The Morgan fingerprint density at radius 3 is 2.10 bits per heavy atom. The Balaban J connectivity index is 0.00000220. The largest absolute Gasteiger partial charge is 0.495 e. The van der Waals surface area contributed by atoms with Gasteiger partial charge in [-0.25, -0.2) is 0 Å². The van der Waals surface area contributed by atoms with E-state index in [-0.39, 0.29) is 12.4 Å². The van der Waals surface area contributed by atoms with Crippen molar-refractivity contribution in [1.82, 2.24) is 0 Å². The minimum absolute atomic E-state index is 0. The number of nitrogens with two attached hydrogens (primary N) is 1. The third-order valence-corrected chi connectivity index (χ3v) is 4.89. The molecule has 120 valence electrons. The normalized spacial score (nSPS) is 18.0. The molecule has 6 heteroatoms. The smallest absolute Gasteiger partial charge is 0.137 e. The van der Waals surface area contributed by atoms with Gasteiger partial charge in [0, 0.05) is 0 Å². The zero-order chi connectivity index (χ0) is 14.7. The van der Waals surface area contributed by atoms with Crippen molar-refractivity contribution in [3.63, 3.8) is 0 Å². The Hall–Kier alpha value is -0.490. The van der Waals surface area contributed by atoms with Crippen LogP contribution in [0.15, 0.2) is 16.6 Å². The van der Waals surface area contributed by atoms with Crippen molar-refractivity contribution in [2.24, 2.45) is 11.7 Å². The molecule has 1 aromatic carbocycles. The summed E-state index contributed by atoms with van der Waals surface area (Å²) in [6, 6.07) is 3.29. The number of aliphatic hydroxyl groups is 1. The molecule has 0 amide bonds.